The van der Waals surface area contributed by atoms with Crippen LogP contribution in [0.5, 0.6) is 0 Å². The van der Waals surface area contributed by atoms with Gasteiger partial charge in [0, 0.05) is 51.4 Å². The van der Waals surface area contributed by atoms with Crippen LogP contribution < -0.4 is 119 Å². The van der Waals surface area contributed by atoms with Crippen LogP contribution in [0.2, 0.25) is 0 Å². The number of thioether (sulfide) groups is 3. The summed E-state index contributed by atoms with van der Waals surface area (Å²) in [5.41, 5.74) is 0.116. The SMILES string of the molecule is C(=C\N1CCCC1)/C1CCSC1.C1CCNC1.CC#N.CC(=O)O.CCO/C=C/C(C)=O.FC(F)(F)c1ccc(C2CCSC2)cn1.N.O=CCC1CCSC1.O=CO[O-].[H-].[K+].[K+]. The van der Waals surface area contributed by atoms with E-state index in [1.807, 2.05) is 30.4 Å². The Bertz CT molecular complexity index is 1290. The number of ketones is 1. The van der Waals surface area contributed by atoms with Crippen LogP contribution in [-0.4, -0.2) is 107 Å². The molecule has 5 saturated heterocycles. The quantitative estimate of drug-likeness (QED) is 0.0804. The average molecular weight is 990 g/mol. The number of aldehydes is 1. The van der Waals surface area contributed by atoms with Crippen molar-refractivity contribution in [1.82, 2.24) is 21.4 Å². The molecule has 0 bridgehead atoms. The summed E-state index contributed by atoms with van der Waals surface area (Å²) in [5, 5.41) is 26.4. The molecule has 5 aliphatic heterocycles. The van der Waals surface area contributed by atoms with Gasteiger partial charge >= 0.3 is 109 Å². The summed E-state index contributed by atoms with van der Waals surface area (Å²) in [6, 6.07) is 4.37. The largest absolute Gasteiger partial charge is 1.00 e. The van der Waals surface area contributed by atoms with Gasteiger partial charge in [-0.3, -0.25) is 19.4 Å². The Morgan fingerprint density at radius 3 is 1.94 bits per heavy atom. The normalized spacial score (nSPS) is 19.0. The van der Waals surface area contributed by atoms with E-state index in [4.69, 9.17) is 30.0 Å². The summed E-state index contributed by atoms with van der Waals surface area (Å²) >= 11 is 5.89. The molecule has 3 atom stereocenters. The van der Waals surface area contributed by atoms with Gasteiger partial charge in [0.05, 0.1) is 18.9 Å². The van der Waals surface area contributed by atoms with E-state index in [1.54, 1.807) is 12.1 Å². The number of nitrogens with one attached hydrogen (secondary N) is 1. The van der Waals surface area contributed by atoms with E-state index in [0.29, 0.717) is 18.4 Å². The molecule has 13 nitrogen and oxygen atoms in total. The zero-order valence-electron chi connectivity index (χ0n) is 38.6. The number of ether oxygens (including phenoxy) is 1. The van der Waals surface area contributed by atoms with Gasteiger partial charge in [0.2, 0.25) is 0 Å². The predicted octanol–water partition coefficient (Wildman–Crippen LogP) is 1.83. The molecule has 0 amide bonds. The molecule has 6 rings (SSSR count). The number of aromatic nitrogens is 1. The third-order valence-corrected chi connectivity index (χ3v) is 11.8. The molecule has 0 aliphatic carbocycles. The van der Waals surface area contributed by atoms with Gasteiger partial charge in [-0.15, -0.1) is 0 Å². The Labute approximate surface area is 467 Å². The van der Waals surface area contributed by atoms with E-state index in [9.17, 15) is 22.8 Å². The molecule has 1 aromatic heterocycles. The fraction of sp³-hybridized carbons (Fsp3) is 0.659. The van der Waals surface area contributed by atoms with Gasteiger partial charge in [0.25, 0.3) is 12.4 Å². The number of carbonyl (C=O) groups is 4. The predicted molar refractivity (Wildman–Crippen MR) is 237 cm³/mol. The number of nitriles is 1. The summed E-state index contributed by atoms with van der Waals surface area (Å²) in [5.74, 6) is 8.41. The van der Waals surface area contributed by atoms with Crippen LogP contribution in [0, 0.1) is 23.2 Å². The van der Waals surface area contributed by atoms with E-state index in [1.165, 1.54) is 120 Å². The van der Waals surface area contributed by atoms with E-state index < -0.39 is 17.8 Å². The van der Waals surface area contributed by atoms with Crippen molar-refractivity contribution in [3.05, 3.63) is 54.2 Å². The Morgan fingerprint density at radius 2 is 1.56 bits per heavy atom. The van der Waals surface area contributed by atoms with Crippen molar-refractivity contribution in [2.45, 2.75) is 91.2 Å². The van der Waals surface area contributed by atoms with Crippen LogP contribution in [-0.2, 0) is 35.0 Å². The van der Waals surface area contributed by atoms with Gasteiger partial charge in [-0.05, 0) is 136 Å². The molecule has 5 aliphatic rings. The first-order valence-corrected chi connectivity index (χ1v) is 23.1. The van der Waals surface area contributed by atoms with Crippen LogP contribution in [0.1, 0.15) is 97.7 Å². The molecule has 346 valence electrons. The molecule has 5 N–H and O–H groups in total. The van der Waals surface area contributed by atoms with Crippen LogP contribution >= 0.6 is 35.3 Å². The smallest absolute Gasteiger partial charge is 1.00 e. The number of carbonyl (C=O) groups excluding carboxylic acids is 3. The van der Waals surface area contributed by atoms with Gasteiger partial charge in [-0.1, -0.05) is 12.1 Å². The van der Waals surface area contributed by atoms with Crippen LogP contribution in [0.3, 0.4) is 0 Å². The number of pyridine rings is 1. The van der Waals surface area contributed by atoms with Crippen molar-refractivity contribution < 1.29 is 157 Å². The minimum atomic E-state index is -4.33. The Kier molecular flexibility index (Phi) is 57.7. The van der Waals surface area contributed by atoms with Crippen molar-refractivity contribution >= 4 is 59.8 Å². The number of aliphatic carboxylic acids is 1. The van der Waals surface area contributed by atoms with E-state index in [-0.39, 0.29) is 123 Å². The van der Waals surface area contributed by atoms with Crippen molar-refractivity contribution in [1.29, 1.82) is 5.26 Å². The molecule has 1 aromatic rings. The first-order valence-electron chi connectivity index (χ1n) is 19.6. The molecule has 5 fully saturated rings. The summed E-state index contributed by atoms with van der Waals surface area (Å²) in [7, 11) is 0. The zero-order valence-corrected chi connectivity index (χ0v) is 46.3. The molecular formula is C41H68F3K2N5O8S3. The number of carboxylic acid groups (broad SMARTS) is 1. The number of nitrogens with zero attached hydrogens (tertiary/aromatic N) is 3. The molecule has 0 radical (unpaired) electrons. The van der Waals surface area contributed by atoms with Gasteiger partial charge < -0.3 is 42.6 Å². The minimum Gasteiger partial charge on any atom is -1.00 e. The van der Waals surface area contributed by atoms with E-state index in [0.717, 1.165) is 55.1 Å². The number of hydrogen-bond donors (Lipinski definition) is 3. The maximum absolute atomic E-state index is 12.2. The molecule has 62 heavy (non-hydrogen) atoms. The second-order valence-electron chi connectivity index (χ2n) is 13.1. The summed E-state index contributed by atoms with van der Waals surface area (Å²) < 4.78 is 41.4. The number of halogens is 3. The topological polar surface area (TPSA) is 217 Å². The molecule has 0 spiro atoms. The summed E-state index contributed by atoms with van der Waals surface area (Å²) in [4.78, 5) is 46.3. The molecule has 6 heterocycles. The van der Waals surface area contributed by atoms with E-state index in [2.05, 4.69) is 44.1 Å². The first kappa shape index (κ1) is 71.0. The standard InChI is InChI=1S/C10H10F3NS.C10H17NS.C6H10O2.C6H10OS.C4H9N.C2H3N.C2H4O2.CH2O3.2K.H3N.H/c11-10(12,13)9-2-1-7(5-14-9)8-3-4-15-6-8;1-2-6-11(5-1)7-3-10-4-8-12-9-10;1-3-8-5-4-6(2)7;7-3-1-6-2-4-8-5-6;1-2-4-5-3-1;1-2-3;1-2(3)4;2-1-4-3;;;;/h1-2,5,8H,3-4,6H2;3,7,10H,1-2,4-6,8-9H2;4-5H,3H2,1-2H3;3,6H,1-2,4-5H2;5H,1-4H2;1H3;1H3,(H,3,4);1,3H;;;1H3;/q;;;;;;;;2*+1;;-1/p-1/b;7-3+;5-4+;;;;;;;;;. The first-order chi connectivity index (χ1) is 28.3. The van der Waals surface area contributed by atoms with Crippen molar-refractivity contribution in [3.8, 4) is 6.07 Å². The number of likely N-dealkylation sites (tertiary alicyclic amines) is 1. The monoisotopic (exact) mass is 989 g/mol. The van der Waals surface area contributed by atoms with Gasteiger partial charge in [-0.25, -0.2) is 0 Å². The summed E-state index contributed by atoms with van der Waals surface area (Å²) in [6.07, 6.45) is 15.7. The number of carboxylic acids is 1. The van der Waals surface area contributed by atoms with Crippen LogP contribution in [0.25, 0.3) is 0 Å². The number of rotatable bonds is 9. The Morgan fingerprint density at radius 1 is 1.02 bits per heavy atom. The zero-order chi connectivity index (χ0) is 44.6. The number of allylic oxidation sites excluding steroid dienone is 2. The van der Waals surface area contributed by atoms with Gasteiger partial charge in [0.15, 0.2) is 5.78 Å². The van der Waals surface area contributed by atoms with Crippen molar-refractivity contribution in [2.24, 2.45) is 11.8 Å². The van der Waals surface area contributed by atoms with Gasteiger partial charge in [-0.2, -0.15) is 53.7 Å². The fourth-order valence-electron chi connectivity index (χ4n) is 5.22. The maximum atomic E-state index is 12.2. The van der Waals surface area contributed by atoms with E-state index >= 15 is 0 Å². The van der Waals surface area contributed by atoms with Crippen LogP contribution in [0.4, 0.5) is 13.2 Å². The molecular weight excluding hydrogens is 922 g/mol. The van der Waals surface area contributed by atoms with Crippen molar-refractivity contribution in [3.63, 3.8) is 0 Å². The molecule has 21 heteroatoms. The number of alkyl halides is 3. The van der Waals surface area contributed by atoms with Crippen LogP contribution in [0.15, 0.2) is 42.9 Å². The second-order valence-corrected chi connectivity index (χ2v) is 16.6. The Balaban J connectivity index is -0.000000154. The molecule has 0 aromatic carbocycles. The minimum absolute atomic E-state index is 0. The number of hydrogen-bond acceptors (Lipinski definition) is 15. The van der Waals surface area contributed by atoms with Gasteiger partial charge in [0.1, 0.15) is 12.0 Å². The molecule has 3 unspecified atom stereocenters. The van der Waals surface area contributed by atoms with Crippen molar-refractivity contribution in [2.75, 3.05) is 67.3 Å². The Hall–Kier alpha value is -0.00727. The maximum Gasteiger partial charge on any atom is 1.00 e. The molecule has 0 saturated carbocycles. The fourth-order valence-corrected chi connectivity index (χ4v) is 9.00. The third-order valence-electron chi connectivity index (χ3n) is 8.17. The summed E-state index contributed by atoms with van der Waals surface area (Å²) in [6.45, 7) is 11.4. The third kappa shape index (κ3) is 46.5. The second kappa shape index (κ2) is 50.4. The average Bonchev–Trinajstić information content (AvgIpc) is 4.06.